The number of morpholine rings is 2. The Morgan fingerprint density at radius 2 is 1.82 bits per heavy atom. The average molecular weight is 387 g/mol. The number of anilines is 1. The first-order chi connectivity index (χ1) is 13.5. The van der Waals surface area contributed by atoms with Crippen LogP contribution in [0.25, 0.3) is 0 Å². The number of nitrogens with zero attached hydrogens (tertiary/aromatic N) is 3. The fourth-order valence-electron chi connectivity index (χ4n) is 4.44. The molecule has 0 radical (unpaired) electrons. The zero-order valence-electron chi connectivity index (χ0n) is 16.8. The van der Waals surface area contributed by atoms with E-state index in [1.807, 2.05) is 24.1 Å². The normalized spacial score (nSPS) is 22.6. The second-order valence-electron chi connectivity index (χ2n) is 8.11. The van der Waals surface area contributed by atoms with Gasteiger partial charge in [-0.1, -0.05) is 0 Å². The Morgan fingerprint density at radius 1 is 1.11 bits per heavy atom. The zero-order valence-corrected chi connectivity index (χ0v) is 16.8. The van der Waals surface area contributed by atoms with Crippen LogP contribution in [0.1, 0.15) is 28.8 Å². The highest BCUT2D eigenvalue weighted by Gasteiger charge is 2.42. The number of likely N-dealkylation sites (tertiary alicyclic amines) is 1. The molecule has 0 aliphatic carbocycles. The summed E-state index contributed by atoms with van der Waals surface area (Å²) >= 11 is 0. The van der Waals surface area contributed by atoms with Gasteiger partial charge in [-0.05, 0) is 43.5 Å². The standard InChI is InChI=1S/C21H29N3O4/c1-16-13-17(3-4-18(16)23-9-11-27-12-10-23)20(26)24-7-5-21(6-8-24)15-22(2)19(25)14-28-21/h3-4,13H,5-12,14-15H2,1-2H3. The molecule has 2 amide bonds. The van der Waals surface area contributed by atoms with Crippen molar-refractivity contribution in [1.82, 2.24) is 9.80 Å². The fraction of sp³-hybridized carbons (Fsp3) is 0.619. The highest BCUT2D eigenvalue weighted by Crippen LogP contribution is 2.31. The van der Waals surface area contributed by atoms with Crippen LogP contribution >= 0.6 is 0 Å². The Morgan fingerprint density at radius 3 is 2.46 bits per heavy atom. The fourth-order valence-corrected chi connectivity index (χ4v) is 4.44. The predicted octanol–water partition coefficient (Wildman–Crippen LogP) is 1.30. The first kappa shape index (κ1) is 19.2. The number of rotatable bonds is 2. The van der Waals surface area contributed by atoms with Crippen LogP contribution < -0.4 is 4.90 Å². The van der Waals surface area contributed by atoms with E-state index in [0.29, 0.717) is 19.6 Å². The molecule has 3 fully saturated rings. The van der Waals surface area contributed by atoms with E-state index >= 15 is 0 Å². The largest absolute Gasteiger partial charge is 0.378 e. The lowest BCUT2D eigenvalue weighted by atomic mass is 9.89. The van der Waals surface area contributed by atoms with Crippen LogP contribution in [-0.4, -0.2) is 86.8 Å². The minimum absolute atomic E-state index is 0.0277. The monoisotopic (exact) mass is 387 g/mol. The second-order valence-corrected chi connectivity index (χ2v) is 8.11. The first-order valence-electron chi connectivity index (χ1n) is 10.1. The van der Waals surface area contributed by atoms with Crippen molar-refractivity contribution < 1.29 is 19.1 Å². The Labute approximate surface area is 166 Å². The molecule has 0 bridgehead atoms. The van der Waals surface area contributed by atoms with Crippen LogP contribution in [-0.2, 0) is 14.3 Å². The van der Waals surface area contributed by atoms with Crippen molar-refractivity contribution in [3.05, 3.63) is 29.3 Å². The molecule has 1 aromatic carbocycles. The quantitative estimate of drug-likeness (QED) is 0.765. The van der Waals surface area contributed by atoms with E-state index in [0.717, 1.165) is 50.3 Å². The van der Waals surface area contributed by atoms with Crippen LogP contribution in [0.15, 0.2) is 18.2 Å². The Balaban J connectivity index is 1.40. The maximum atomic E-state index is 13.0. The summed E-state index contributed by atoms with van der Waals surface area (Å²) in [6.07, 6.45) is 1.53. The van der Waals surface area contributed by atoms with Gasteiger partial charge in [0.1, 0.15) is 6.61 Å². The molecule has 4 rings (SSSR count). The second kappa shape index (κ2) is 7.72. The van der Waals surface area contributed by atoms with Gasteiger partial charge in [0, 0.05) is 51.0 Å². The highest BCUT2D eigenvalue weighted by atomic mass is 16.5. The minimum atomic E-state index is -0.296. The molecule has 1 spiro atoms. The Kier molecular flexibility index (Phi) is 5.29. The van der Waals surface area contributed by atoms with Crippen LogP contribution in [0, 0.1) is 6.92 Å². The molecule has 0 atom stereocenters. The van der Waals surface area contributed by atoms with Crippen LogP contribution in [0.3, 0.4) is 0 Å². The third-order valence-electron chi connectivity index (χ3n) is 6.21. The van der Waals surface area contributed by atoms with Crippen LogP contribution in [0.5, 0.6) is 0 Å². The lowest BCUT2D eigenvalue weighted by Gasteiger charge is -2.46. The molecular weight excluding hydrogens is 358 g/mol. The average Bonchev–Trinajstić information content (AvgIpc) is 2.72. The number of piperidine rings is 1. The summed E-state index contributed by atoms with van der Waals surface area (Å²) in [5, 5.41) is 0. The summed E-state index contributed by atoms with van der Waals surface area (Å²) in [6.45, 7) is 7.41. The van der Waals surface area contributed by atoms with Gasteiger partial charge in [-0.2, -0.15) is 0 Å². The minimum Gasteiger partial charge on any atom is -0.378 e. The van der Waals surface area contributed by atoms with Gasteiger partial charge in [0.2, 0.25) is 5.91 Å². The van der Waals surface area contributed by atoms with Crippen molar-refractivity contribution >= 4 is 17.5 Å². The van der Waals surface area contributed by atoms with E-state index in [-0.39, 0.29) is 24.0 Å². The summed E-state index contributed by atoms with van der Waals surface area (Å²) in [4.78, 5) is 30.7. The third kappa shape index (κ3) is 3.73. The summed E-state index contributed by atoms with van der Waals surface area (Å²) < 4.78 is 11.3. The predicted molar refractivity (Wildman–Crippen MR) is 106 cm³/mol. The molecule has 152 valence electrons. The number of ether oxygens (including phenoxy) is 2. The SMILES string of the molecule is Cc1cc(C(=O)N2CCC3(CC2)CN(C)C(=O)CO3)ccc1N1CCOCC1. The molecule has 0 saturated carbocycles. The van der Waals surface area contributed by atoms with Gasteiger partial charge in [0.05, 0.1) is 18.8 Å². The number of hydrogen-bond acceptors (Lipinski definition) is 5. The molecule has 3 heterocycles. The Hall–Kier alpha value is -2.12. The number of carbonyl (C=O) groups is 2. The van der Waals surface area contributed by atoms with Gasteiger partial charge in [-0.25, -0.2) is 0 Å². The van der Waals surface area contributed by atoms with Crippen molar-refractivity contribution in [3.8, 4) is 0 Å². The third-order valence-corrected chi connectivity index (χ3v) is 6.21. The Bertz CT molecular complexity index is 752. The molecule has 3 saturated heterocycles. The van der Waals surface area contributed by atoms with E-state index in [4.69, 9.17) is 9.47 Å². The number of amides is 2. The number of benzene rings is 1. The first-order valence-corrected chi connectivity index (χ1v) is 10.1. The van der Waals surface area contributed by atoms with Crippen molar-refractivity contribution in [2.75, 3.05) is 64.5 Å². The van der Waals surface area contributed by atoms with Crippen molar-refractivity contribution in [2.45, 2.75) is 25.4 Å². The zero-order chi connectivity index (χ0) is 19.7. The van der Waals surface area contributed by atoms with Gasteiger partial charge >= 0.3 is 0 Å². The van der Waals surface area contributed by atoms with Gasteiger partial charge in [0.25, 0.3) is 5.91 Å². The maximum Gasteiger partial charge on any atom is 0.253 e. The van der Waals surface area contributed by atoms with Gasteiger partial charge in [0.15, 0.2) is 0 Å². The molecular formula is C21H29N3O4. The smallest absolute Gasteiger partial charge is 0.253 e. The van der Waals surface area contributed by atoms with Gasteiger partial charge in [-0.15, -0.1) is 0 Å². The summed E-state index contributed by atoms with van der Waals surface area (Å²) in [5.74, 6) is 0.103. The highest BCUT2D eigenvalue weighted by molar-refractivity contribution is 5.95. The van der Waals surface area contributed by atoms with Crippen molar-refractivity contribution in [1.29, 1.82) is 0 Å². The number of aryl methyl sites for hydroxylation is 1. The molecule has 0 unspecified atom stereocenters. The molecule has 28 heavy (non-hydrogen) atoms. The van der Waals surface area contributed by atoms with E-state index in [1.54, 1.807) is 4.90 Å². The summed E-state index contributed by atoms with van der Waals surface area (Å²) in [5.41, 5.74) is 2.75. The van der Waals surface area contributed by atoms with E-state index in [1.165, 1.54) is 5.69 Å². The molecule has 3 aliphatic rings. The van der Waals surface area contributed by atoms with Crippen molar-refractivity contribution in [2.24, 2.45) is 0 Å². The van der Waals surface area contributed by atoms with E-state index < -0.39 is 0 Å². The molecule has 3 aliphatic heterocycles. The maximum absolute atomic E-state index is 13.0. The molecule has 0 N–H and O–H groups in total. The molecule has 7 heteroatoms. The summed E-state index contributed by atoms with van der Waals surface area (Å²) in [7, 11) is 1.82. The van der Waals surface area contributed by atoms with Crippen LogP contribution in [0.4, 0.5) is 5.69 Å². The topological polar surface area (TPSA) is 62.3 Å². The van der Waals surface area contributed by atoms with E-state index in [2.05, 4.69) is 17.9 Å². The lowest BCUT2D eigenvalue weighted by Crippen LogP contribution is -2.58. The van der Waals surface area contributed by atoms with Crippen molar-refractivity contribution in [3.63, 3.8) is 0 Å². The van der Waals surface area contributed by atoms with Gasteiger partial charge in [-0.3, -0.25) is 9.59 Å². The van der Waals surface area contributed by atoms with Crippen LogP contribution in [0.2, 0.25) is 0 Å². The summed E-state index contributed by atoms with van der Waals surface area (Å²) in [6, 6.07) is 6.00. The number of carbonyl (C=O) groups excluding carboxylic acids is 2. The van der Waals surface area contributed by atoms with Gasteiger partial charge < -0.3 is 24.2 Å². The van der Waals surface area contributed by atoms with E-state index in [9.17, 15) is 9.59 Å². The molecule has 1 aromatic rings. The number of likely N-dealkylation sites (N-methyl/N-ethyl adjacent to an activating group) is 1. The molecule has 0 aromatic heterocycles. The molecule has 7 nitrogen and oxygen atoms in total. The number of hydrogen-bond donors (Lipinski definition) is 0. The lowest BCUT2D eigenvalue weighted by molar-refractivity contribution is -0.167.